The van der Waals surface area contributed by atoms with Crippen LogP contribution in [0.25, 0.3) is 22.7 Å². The van der Waals surface area contributed by atoms with Gasteiger partial charge in [0.15, 0.2) is 0 Å². The van der Waals surface area contributed by atoms with Gasteiger partial charge in [-0.1, -0.05) is 6.07 Å². The molecule has 118 valence electrons. The zero-order valence-electron chi connectivity index (χ0n) is 12.6. The molecule has 0 spiro atoms. The van der Waals surface area contributed by atoms with Gasteiger partial charge in [-0.2, -0.15) is 5.26 Å². The van der Waals surface area contributed by atoms with Crippen molar-refractivity contribution >= 4 is 28.4 Å². The molecule has 0 fully saturated rings. The molecule has 2 aromatic carbocycles. The largest absolute Gasteiger partial charge is 0.508 e. The normalized spacial score (nSPS) is 11.4. The first kappa shape index (κ1) is 15.2. The lowest BCUT2D eigenvalue weighted by molar-refractivity contribution is -0.385. The molecule has 0 saturated heterocycles. The molecule has 0 saturated carbocycles. The third-order valence-corrected chi connectivity index (χ3v) is 3.52. The molecule has 0 amide bonds. The molecule has 0 aliphatic carbocycles. The number of aromatic nitrogens is 2. The van der Waals surface area contributed by atoms with Crippen molar-refractivity contribution in [1.82, 2.24) is 9.97 Å². The van der Waals surface area contributed by atoms with Gasteiger partial charge in [0, 0.05) is 6.07 Å². The molecule has 1 aromatic heterocycles. The molecule has 7 heteroatoms. The van der Waals surface area contributed by atoms with Gasteiger partial charge in [0.1, 0.15) is 17.6 Å². The van der Waals surface area contributed by atoms with E-state index in [0.29, 0.717) is 11.3 Å². The van der Waals surface area contributed by atoms with Crippen LogP contribution in [0.1, 0.15) is 17.0 Å². The number of phenolic OH excluding ortho intramolecular Hbond substituents is 1. The topological polar surface area (TPSA) is 116 Å². The maximum absolute atomic E-state index is 11.1. The number of aromatic amines is 1. The highest BCUT2D eigenvalue weighted by molar-refractivity contribution is 5.91. The number of nitro benzene ring substituents is 1. The van der Waals surface area contributed by atoms with Crippen LogP contribution in [0, 0.1) is 28.4 Å². The Morgan fingerprint density at radius 2 is 2.17 bits per heavy atom. The second-order valence-corrected chi connectivity index (χ2v) is 5.28. The Kier molecular flexibility index (Phi) is 3.72. The van der Waals surface area contributed by atoms with E-state index in [-0.39, 0.29) is 22.6 Å². The maximum Gasteiger partial charge on any atom is 0.276 e. The van der Waals surface area contributed by atoms with E-state index in [4.69, 9.17) is 0 Å². The van der Waals surface area contributed by atoms with Crippen LogP contribution in [-0.4, -0.2) is 20.0 Å². The van der Waals surface area contributed by atoms with Crippen LogP contribution in [0.4, 0.5) is 5.69 Å². The molecule has 3 rings (SSSR count). The molecule has 0 bridgehead atoms. The lowest BCUT2D eigenvalue weighted by Gasteiger charge is -2.00. The Bertz CT molecular complexity index is 1030. The summed E-state index contributed by atoms with van der Waals surface area (Å²) in [4.78, 5) is 17.9. The number of H-pyrrole nitrogens is 1. The van der Waals surface area contributed by atoms with Crippen LogP contribution in [0.2, 0.25) is 0 Å². The molecule has 24 heavy (non-hydrogen) atoms. The van der Waals surface area contributed by atoms with Crippen LogP contribution < -0.4 is 0 Å². The highest BCUT2D eigenvalue weighted by atomic mass is 16.6. The van der Waals surface area contributed by atoms with Gasteiger partial charge in [0.25, 0.3) is 5.69 Å². The summed E-state index contributed by atoms with van der Waals surface area (Å²) < 4.78 is 0. The van der Waals surface area contributed by atoms with Crippen LogP contribution in [-0.2, 0) is 0 Å². The Morgan fingerprint density at radius 3 is 2.88 bits per heavy atom. The smallest absolute Gasteiger partial charge is 0.276 e. The Hall–Kier alpha value is -3.66. The molecule has 0 atom stereocenters. The van der Waals surface area contributed by atoms with Crippen LogP contribution in [0.15, 0.2) is 36.4 Å². The van der Waals surface area contributed by atoms with Crippen molar-refractivity contribution in [2.45, 2.75) is 6.92 Å². The first-order chi connectivity index (χ1) is 11.5. The van der Waals surface area contributed by atoms with Crippen molar-refractivity contribution in [3.8, 4) is 11.8 Å². The van der Waals surface area contributed by atoms with Crippen molar-refractivity contribution in [2.24, 2.45) is 0 Å². The van der Waals surface area contributed by atoms with Crippen molar-refractivity contribution in [2.75, 3.05) is 0 Å². The van der Waals surface area contributed by atoms with Gasteiger partial charge in [0.2, 0.25) is 0 Å². The van der Waals surface area contributed by atoms with Gasteiger partial charge in [-0.15, -0.1) is 0 Å². The lowest BCUT2D eigenvalue weighted by Crippen LogP contribution is -1.92. The first-order valence-electron chi connectivity index (χ1n) is 7.04. The molecule has 0 radical (unpaired) electrons. The minimum absolute atomic E-state index is 0.121. The summed E-state index contributed by atoms with van der Waals surface area (Å²) in [6, 6.07) is 11.3. The lowest BCUT2D eigenvalue weighted by atomic mass is 10.1. The number of nitriles is 1. The molecular weight excluding hydrogens is 308 g/mol. The number of nitrogens with zero attached hydrogens (tertiary/aromatic N) is 3. The summed E-state index contributed by atoms with van der Waals surface area (Å²) in [5.41, 5.74) is 2.58. The number of imidazole rings is 1. The fraction of sp³-hybridized carbons (Fsp3) is 0.0588. The number of benzene rings is 2. The molecule has 0 aliphatic rings. The van der Waals surface area contributed by atoms with E-state index in [0.717, 1.165) is 11.1 Å². The average molecular weight is 320 g/mol. The van der Waals surface area contributed by atoms with E-state index >= 15 is 0 Å². The van der Waals surface area contributed by atoms with Gasteiger partial charge < -0.3 is 10.1 Å². The fourth-order valence-electron chi connectivity index (χ4n) is 2.38. The number of nitrogens with one attached hydrogen (secondary N) is 1. The van der Waals surface area contributed by atoms with Crippen LogP contribution >= 0.6 is 0 Å². The molecule has 7 nitrogen and oxygen atoms in total. The standard InChI is InChI=1S/C17H12N4O3/c1-10-2-4-14-15(6-10)20-17(19-14)12(9-18)7-11-8-13(22)3-5-16(11)21(23)24/h2-8,22H,1H3,(H,19,20)/b12-7+. The van der Waals surface area contributed by atoms with Gasteiger partial charge in [-0.25, -0.2) is 4.98 Å². The number of aromatic hydroxyl groups is 1. The quantitative estimate of drug-likeness (QED) is 0.435. The number of aryl methyl sites for hydroxylation is 1. The van der Waals surface area contributed by atoms with E-state index in [2.05, 4.69) is 9.97 Å². The van der Waals surface area contributed by atoms with Crippen molar-refractivity contribution < 1.29 is 10.0 Å². The molecule has 0 aliphatic heterocycles. The van der Waals surface area contributed by atoms with E-state index in [1.165, 1.54) is 24.3 Å². The van der Waals surface area contributed by atoms with Gasteiger partial charge >= 0.3 is 0 Å². The highest BCUT2D eigenvalue weighted by Gasteiger charge is 2.15. The molecule has 1 heterocycles. The average Bonchev–Trinajstić information content (AvgIpc) is 2.95. The molecular formula is C17H12N4O3. The maximum atomic E-state index is 11.1. The minimum Gasteiger partial charge on any atom is -0.508 e. The number of rotatable bonds is 3. The van der Waals surface area contributed by atoms with E-state index in [1.807, 2.05) is 31.2 Å². The number of hydrogen-bond acceptors (Lipinski definition) is 5. The zero-order chi connectivity index (χ0) is 17.3. The zero-order valence-corrected chi connectivity index (χ0v) is 12.6. The van der Waals surface area contributed by atoms with Crippen molar-refractivity contribution in [1.29, 1.82) is 5.26 Å². The van der Waals surface area contributed by atoms with Crippen LogP contribution in [0.3, 0.4) is 0 Å². The summed E-state index contributed by atoms with van der Waals surface area (Å²) in [6.07, 6.45) is 1.34. The van der Waals surface area contributed by atoms with Gasteiger partial charge in [0.05, 0.1) is 27.1 Å². The second kappa shape index (κ2) is 5.85. The summed E-state index contributed by atoms with van der Waals surface area (Å²) in [7, 11) is 0. The van der Waals surface area contributed by atoms with Crippen molar-refractivity contribution in [3.63, 3.8) is 0 Å². The molecule has 3 aromatic rings. The first-order valence-corrected chi connectivity index (χ1v) is 7.04. The summed E-state index contributed by atoms with van der Waals surface area (Å²) >= 11 is 0. The van der Waals surface area contributed by atoms with Gasteiger partial charge in [-0.3, -0.25) is 10.1 Å². The van der Waals surface area contributed by atoms with E-state index < -0.39 is 4.92 Å². The summed E-state index contributed by atoms with van der Waals surface area (Å²) in [6.45, 7) is 1.94. The summed E-state index contributed by atoms with van der Waals surface area (Å²) in [5.74, 6) is 0.195. The van der Waals surface area contributed by atoms with E-state index in [1.54, 1.807) is 0 Å². The van der Waals surface area contributed by atoms with Crippen LogP contribution in [0.5, 0.6) is 5.75 Å². The SMILES string of the molecule is Cc1ccc2nc(/C(C#N)=C/c3cc(O)ccc3[N+](=O)[O-])[nH]c2c1. The number of phenols is 1. The van der Waals surface area contributed by atoms with Gasteiger partial charge in [-0.05, 0) is 42.8 Å². The Labute approximate surface area is 136 Å². The number of nitro groups is 1. The second-order valence-electron chi connectivity index (χ2n) is 5.28. The monoisotopic (exact) mass is 320 g/mol. The molecule has 2 N–H and O–H groups in total. The minimum atomic E-state index is -0.567. The number of allylic oxidation sites excluding steroid dienone is 1. The third kappa shape index (κ3) is 2.80. The number of hydrogen-bond donors (Lipinski definition) is 2. The summed E-state index contributed by atoms with van der Waals surface area (Å²) in [5, 5.41) is 30.1. The predicted octanol–water partition coefficient (Wildman–Crippen LogP) is 3.55. The Balaban J connectivity index is 2.14. The predicted molar refractivity (Wildman–Crippen MR) is 89.1 cm³/mol. The molecule has 0 unspecified atom stereocenters. The highest BCUT2D eigenvalue weighted by Crippen LogP contribution is 2.28. The van der Waals surface area contributed by atoms with E-state index in [9.17, 15) is 20.5 Å². The number of fused-ring (bicyclic) bond motifs is 1. The van der Waals surface area contributed by atoms with Crippen molar-refractivity contribution in [3.05, 3.63) is 63.5 Å². The fourth-order valence-corrected chi connectivity index (χ4v) is 2.38. The Morgan fingerprint density at radius 1 is 1.38 bits per heavy atom. The third-order valence-electron chi connectivity index (χ3n) is 3.52.